The lowest BCUT2D eigenvalue weighted by molar-refractivity contribution is 0.202. The fourth-order valence-electron chi connectivity index (χ4n) is 1.93. The molecule has 6 heteroatoms. The summed E-state index contributed by atoms with van der Waals surface area (Å²) in [7, 11) is 0. The maximum Gasteiger partial charge on any atom is 0.144 e. The number of hydrogen-bond donors (Lipinski definition) is 5. The number of nitrogens with two attached hydrogens (primary N) is 2. The van der Waals surface area contributed by atoms with Crippen LogP contribution in [0.5, 0.6) is 11.5 Å². The number of phenols is 1. The third kappa shape index (κ3) is 3.70. The molecule has 0 bridgehead atoms. The normalized spacial score (nSPS) is 10.3. The van der Waals surface area contributed by atoms with Crippen molar-refractivity contribution in [2.45, 2.75) is 6.54 Å². The van der Waals surface area contributed by atoms with Crippen LogP contribution in [0.15, 0.2) is 36.4 Å². The minimum absolute atomic E-state index is 0.0827. The maximum atomic E-state index is 9.82. The lowest BCUT2D eigenvalue weighted by atomic mass is 10.1. The summed E-state index contributed by atoms with van der Waals surface area (Å²) in [6.45, 7) is 0.440. The molecule has 0 aliphatic heterocycles. The summed E-state index contributed by atoms with van der Waals surface area (Å²) >= 11 is 0. The number of phenolic OH excluding ortho intramolecular Hbond substituents is 1. The fourth-order valence-corrected chi connectivity index (χ4v) is 1.93. The molecule has 0 heterocycles. The molecule has 21 heavy (non-hydrogen) atoms. The summed E-state index contributed by atoms with van der Waals surface area (Å²) < 4.78 is 5.43. The molecule has 0 aliphatic rings. The Morgan fingerprint density at radius 3 is 2.67 bits per heavy atom. The molecule has 0 saturated heterocycles. The third-order valence-electron chi connectivity index (χ3n) is 3.00. The second-order valence-corrected chi connectivity index (χ2v) is 4.53. The number of aromatic hydroxyl groups is 1. The summed E-state index contributed by atoms with van der Waals surface area (Å²) in [5, 5.41) is 21.8. The fraction of sp³-hybridized carbons (Fsp3) is 0.200. The SMILES string of the molecule is Nc1ccc(NCc2c(N)cccc2O)c(OCCO)c1. The molecule has 2 rings (SSSR count). The van der Waals surface area contributed by atoms with Crippen LogP contribution in [-0.4, -0.2) is 23.4 Å². The number of aliphatic hydroxyl groups is 1. The topological polar surface area (TPSA) is 114 Å². The Morgan fingerprint density at radius 1 is 1.14 bits per heavy atom. The van der Waals surface area contributed by atoms with Crippen LogP contribution in [0.4, 0.5) is 17.1 Å². The first-order valence-corrected chi connectivity index (χ1v) is 6.55. The molecule has 0 spiro atoms. The monoisotopic (exact) mass is 289 g/mol. The van der Waals surface area contributed by atoms with Crippen LogP contribution < -0.4 is 21.5 Å². The number of ether oxygens (including phenoxy) is 1. The van der Waals surface area contributed by atoms with Crippen molar-refractivity contribution >= 4 is 17.1 Å². The quantitative estimate of drug-likeness (QED) is 0.515. The first kappa shape index (κ1) is 14.8. The van der Waals surface area contributed by atoms with Crippen molar-refractivity contribution in [3.63, 3.8) is 0 Å². The number of nitrogens with one attached hydrogen (secondary N) is 1. The minimum atomic E-state index is -0.0827. The highest BCUT2D eigenvalue weighted by atomic mass is 16.5. The molecule has 2 aromatic rings. The van der Waals surface area contributed by atoms with E-state index in [9.17, 15) is 5.11 Å². The molecule has 0 fully saturated rings. The highest BCUT2D eigenvalue weighted by Crippen LogP contribution is 2.29. The maximum absolute atomic E-state index is 9.82. The van der Waals surface area contributed by atoms with Crippen molar-refractivity contribution in [3.8, 4) is 11.5 Å². The van der Waals surface area contributed by atoms with Gasteiger partial charge in [-0.1, -0.05) is 6.07 Å². The Labute approximate surface area is 123 Å². The highest BCUT2D eigenvalue weighted by Gasteiger charge is 2.08. The van der Waals surface area contributed by atoms with Gasteiger partial charge in [-0.15, -0.1) is 0 Å². The standard InChI is InChI=1S/C15H19N3O3/c16-10-4-5-13(15(8-10)21-7-6-19)18-9-11-12(17)2-1-3-14(11)20/h1-5,8,18-20H,6-7,9,16-17H2. The van der Waals surface area contributed by atoms with Crippen LogP contribution in [0.3, 0.4) is 0 Å². The highest BCUT2D eigenvalue weighted by molar-refractivity contribution is 5.64. The van der Waals surface area contributed by atoms with E-state index in [0.29, 0.717) is 34.9 Å². The predicted molar refractivity (Wildman–Crippen MR) is 83.3 cm³/mol. The molecule has 0 saturated carbocycles. The molecule has 0 unspecified atom stereocenters. The van der Waals surface area contributed by atoms with Gasteiger partial charge >= 0.3 is 0 Å². The number of aliphatic hydroxyl groups excluding tert-OH is 1. The van der Waals surface area contributed by atoms with E-state index in [-0.39, 0.29) is 19.0 Å². The van der Waals surface area contributed by atoms with Gasteiger partial charge in [0.2, 0.25) is 0 Å². The lowest BCUT2D eigenvalue weighted by Crippen LogP contribution is -2.07. The van der Waals surface area contributed by atoms with E-state index in [1.807, 2.05) is 0 Å². The van der Waals surface area contributed by atoms with Crippen LogP contribution in [0.25, 0.3) is 0 Å². The van der Waals surface area contributed by atoms with Crippen molar-refractivity contribution in [2.24, 2.45) is 0 Å². The van der Waals surface area contributed by atoms with Gasteiger partial charge < -0.3 is 31.7 Å². The van der Waals surface area contributed by atoms with E-state index in [0.717, 1.165) is 0 Å². The third-order valence-corrected chi connectivity index (χ3v) is 3.00. The van der Waals surface area contributed by atoms with Gasteiger partial charge in [-0.25, -0.2) is 0 Å². The second-order valence-electron chi connectivity index (χ2n) is 4.53. The average molecular weight is 289 g/mol. The van der Waals surface area contributed by atoms with E-state index >= 15 is 0 Å². The van der Waals surface area contributed by atoms with Crippen molar-refractivity contribution in [1.29, 1.82) is 0 Å². The molecule has 0 aliphatic carbocycles. The molecule has 0 radical (unpaired) electrons. The minimum Gasteiger partial charge on any atom is -0.508 e. The Bertz CT molecular complexity index is 597. The molecule has 0 amide bonds. The summed E-state index contributed by atoms with van der Waals surface area (Å²) in [5.41, 5.74) is 14.0. The molecule has 0 atom stereocenters. The van der Waals surface area contributed by atoms with Gasteiger partial charge in [-0.3, -0.25) is 0 Å². The van der Waals surface area contributed by atoms with Crippen LogP contribution in [-0.2, 0) is 6.54 Å². The van der Waals surface area contributed by atoms with Gasteiger partial charge in [0.15, 0.2) is 0 Å². The molecule has 6 nitrogen and oxygen atoms in total. The predicted octanol–water partition coefficient (Wildman–Crippen LogP) is 1.54. The zero-order chi connectivity index (χ0) is 15.2. The largest absolute Gasteiger partial charge is 0.508 e. The average Bonchev–Trinajstić information content (AvgIpc) is 2.46. The van der Waals surface area contributed by atoms with Crippen molar-refractivity contribution in [2.75, 3.05) is 30.0 Å². The van der Waals surface area contributed by atoms with Gasteiger partial charge in [0.1, 0.15) is 18.1 Å². The summed E-state index contributed by atoms with van der Waals surface area (Å²) in [6, 6.07) is 10.2. The van der Waals surface area contributed by atoms with Gasteiger partial charge in [0.25, 0.3) is 0 Å². The number of benzene rings is 2. The van der Waals surface area contributed by atoms with E-state index in [4.69, 9.17) is 21.3 Å². The Morgan fingerprint density at radius 2 is 1.95 bits per heavy atom. The molecule has 7 N–H and O–H groups in total. The van der Waals surface area contributed by atoms with Crippen molar-refractivity contribution in [1.82, 2.24) is 0 Å². The van der Waals surface area contributed by atoms with E-state index in [1.165, 1.54) is 0 Å². The Kier molecular flexibility index (Phi) is 4.73. The van der Waals surface area contributed by atoms with Crippen LogP contribution >= 0.6 is 0 Å². The first-order valence-electron chi connectivity index (χ1n) is 6.55. The Hall–Kier alpha value is -2.60. The van der Waals surface area contributed by atoms with Gasteiger partial charge in [0.05, 0.1) is 12.3 Å². The number of anilines is 3. The van der Waals surface area contributed by atoms with E-state index in [1.54, 1.807) is 36.4 Å². The number of rotatable bonds is 6. The summed E-state index contributed by atoms with van der Waals surface area (Å²) in [4.78, 5) is 0. The second kappa shape index (κ2) is 6.71. The van der Waals surface area contributed by atoms with E-state index in [2.05, 4.69) is 5.32 Å². The number of nitrogen functional groups attached to an aromatic ring is 2. The first-order chi connectivity index (χ1) is 10.1. The molecular formula is C15H19N3O3. The van der Waals surface area contributed by atoms with Gasteiger partial charge in [0, 0.05) is 29.5 Å². The van der Waals surface area contributed by atoms with Crippen molar-refractivity contribution < 1.29 is 14.9 Å². The van der Waals surface area contributed by atoms with Gasteiger partial charge in [-0.05, 0) is 24.3 Å². The lowest BCUT2D eigenvalue weighted by Gasteiger charge is -2.15. The van der Waals surface area contributed by atoms with Gasteiger partial charge in [-0.2, -0.15) is 0 Å². The Balaban J connectivity index is 2.16. The summed E-state index contributed by atoms with van der Waals surface area (Å²) in [5.74, 6) is 0.675. The summed E-state index contributed by atoms with van der Waals surface area (Å²) in [6.07, 6.45) is 0. The van der Waals surface area contributed by atoms with Crippen molar-refractivity contribution in [3.05, 3.63) is 42.0 Å². The molecule has 112 valence electrons. The van der Waals surface area contributed by atoms with Crippen LogP contribution in [0.2, 0.25) is 0 Å². The van der Waals surface area contributed by atoms with Crippen LogP contribution in [0.1, 0.15) is 5.56 Å². The smallest absolute Gasteiger partial charge is 0.144 e. The zero-order valence-corrected chi connectivity index (χ0v) is 11.5. The zero-order valence-electron chi connectivity index (χ0n) is 11.5. The van der Waals surface area contributed by atoms with Crippen LogP contribution in [0, 0.1) is 0 Å². The molecular weight excluding hydrogens is 270 g/mol. The molecule has 0 aromatic heterocycles. The number of hydrogen-bond acceptors (Lipinski definition) is 6. The molecule has 2 aromatic carbocycles. The van der Waals surface area contributed by atoms with E-state index < -0.39 is 0 Å².